The Labute approximate surface area is 59.1 Å². The van der Waals surface area contributed by atoms with Crippen LogP contribution in [0.1, 0.15) is 13.3 Å². The Bertz CT molecular complexity index is 101. The minimum absolute atomic E-state index is 0.144. The Balaban J connectivity index is 2.37. The first-order chi connectivity index (χ1) is 3.54. The zero-order chi connectivity index (χ0) is 6.36. The maximum absolute atomic E-state index is 5.69. The Morgan fingerprint density at radius 2 is 2.12 bits per heavy atom. The van der Waals surface area contributed by atoms with E-state index < -0.39 is 4.33 Å². The molecule has 3 heteroatoms. The Morgan fingerprint density at radius 1 is 1.75 bits per heavy atom. The van der Waals surface area contributed by atoms with Crippen LogP contribution in [-0.4, -0.2) is 10.4 Å². The predicted octanol–water partition coefficient (Wildman–Crippen LogP) is 1.53. The summed E-state index contributed by atoms with van der Waals surface area (Å²) in [6, 6.07) is 0.144. The highest BCUT2D eigenvalue weighted by Gasteiger charge is 2.53. The molecule has 2 N–H and O–H groups in total. The fourth-order valence-corrected chi connectivity index (χ4v) is 1.53. The summed E-state index contributed by atoms with van der Waals surface area (Å²) < 4.78 is -0.492. The van der Waals surface area contributed by atoms with Crippen LogP contribution in [-0.2, 0) is 0 Å². The van der Waals surface area contributed by atoms with Gasteiger partial charge in [0.15, 0.2) is 0 Å². The predicted molar refractivity (Wildman–Crippen MR) is 36.2 cm³/mol. The smallest absolute Gasteiger partial charge is 0.123 e. The standard InChI is InChI=1S/C5H9Cl2N/c1-3(8)4-2-5(4,6)7/h3-4H,2,8H2,1H3/t3-,4+/m1/s1. The second-order valence-corrected chi connectivity index (χ2v) is 3.97. The number of rotatable bonds is 1. The molecule has 0 aromatic rings. The fourth-order valence-electron chi connectivity index (χ4n) is 0.805. The van der Waals surface area contributed by atoms with Gasteiger partial charge in [-0.1, -0.05) is 0 Å². The molecule has 1 nitrogen and oxygen atoms in total. The van der Waals surface area contributed by atoms with E-state index in [-0.39, 0.29) is 6.04 Å². The first-order valence-corrected chi connectivity index (χ1v) is 3.43. The van der Waals surface area contributed by atoms with E-state index in [1.165, 1.54) is 0 Å². The summed E-state index contributed by atoms with van der Waals surface area (Å²) in [5.41, 5.74) is 5.50. The van der Waals surface area contributed by atoms with Gasteiger partial charge >= 0.3 is 0 Å². The van der Waals surface area contributed by atoms with Gasteiger partial charge in [-0.05, 0) is 13.3 Å². The number of halogens is 2. The number of hydrogen-bond acceptors (Lipinski definition) is 1. The fraction of sp³-hybridized carbons (Fsp3) is 1.00. The lowest BCUT2D eigenvalue weighted by molar-refractivity contribution is 0.643. The maximum Gasteiger partial charge on any atom is 0.123 e. The van der Waals surface area contributed by atoms with Gasteiger partial charge in [-0.25, -0.2) is 0 Å². The maximum atomic E-state index is 5.69. The highest BCUT2D eigenvalue weighted by Crippen LogP contribution is 2.54. The monoisotopic (exact) mass is 153 g/mol. The highest BCUT2D eigenvalue weighted by molar-refractivity contribution is 6.50. The summed E-state index contributed by atoms with van der Waals surface area (Å²) in [5.74, 6) is 0.325. The van der Waals surface area contributed by atoms with Gasteiger partial charge in [0.05, 0.1) is 0 Å². The van der Waals surface area contributed by atoms with Crippen molar-refractivity contribution in [2.24, 2.45) is 11.7 Å². The van der Waals surface area contributed by atoms with Crippen LogP contribution in [0, 0.1) is 5.92 Å². The molecule has 0 heterocycles. The lowest BCUT2D eigenvalue weighted by Crippen LogP contribution is -2.20. The summed E-state index contributed by atoms with van der Waals surface area (Å²) in [6.45, 7) is 1.93. The van der Waals surface area contributed by atoms with Crippen molar-refractivity contribution >= 4 is 23.2 Å². The van der Waals surface area contributed by atoms with Gasteiger partial charge in [0.25, 0.3) is 0 Å². The van der Waals surface area contributed by atoms with Crippen molar-refractivity contribution in [3.8, 4) is 0 Å². The third-order valence-electron chi connectivity index (χ3n) is 1.51. The van der Waals surface area contributed by atoms with Crippen LogP contribution >= 0.6 is 23.2 Å². The van der Waals surface area contributed by atoms with E-state index in [1.807, 2.05) is 6.92 Å². The molecular weight excluding hydrogens is 145 g/mol. The van der Waals surface area contributed by atoms with Crippen LogP contribution in [0.5, 0.6) is 0 Å². The van der Waals surface area contributed by atoms with Crippen LogP contribution in [0.25, 0.3) is 0 Å². The number of alkyl halides is 2. The van der Waals surface area contributed by atoms with Crippen molar-refractivity contribution in [1.82, 2.24) is 0 Å². The Kier molecular flexibility index (Phi) is 1.46. The van der Waals surface area contributed by atoms with E-state index in [0.717, 1.165) is 6.42 Å². The van der Waals surface area contributed by atoms with Gasteiger partial charge in [-0.15, -0.1) is 23.2 Å². The van der Waals surface area contributed by atoms with E-state index in [2.05, 4.69) is 0 Å². The molecule has 0 saturated heterocycles. The van der Waals surface area contributed by atoms with Crippen molar-refractivity contribution in [2.45, 2.75) is 23.7 Å². The summed E-state index contributed by atoms with van der Waals surface area (Å²) in [6.07, 6.45) is 0.855. The molecular formula is C5H9Cl2N. The molecule has 0 aromatic carbocycles. The second kappa shape index (κ2) is 1.76. The third kappa shape index (κ3) is 1.09. The molecule has 0 bridgehead atoms. The topological polar surface area (TPSA) is 26.0 Å². The van der Waals surface area contributed by atoms with E-state index in [4.69, 9.17) is 28.9 Å². The van der Waals surface area contributed by atoms with Gasteiger partial charge in [0.1, 0.15) is 4.33 Å². The molecule has 1 aliphatic carbocycles. The Morgan fingerprint density at radius 3 is 2.12 bits per heavy atom. The van der Waals surface area contributed by atoms with E-state index in [1.54, 1.807) is 0 Å². The van der Waals surface area contributed by atoms with Gasteiger partial charge in [-0.3, -0.25) is 0 Å². The van der Waals surface area contributed by atoms with Crippen LogP contribution in [0.4, 0.5) is 0 Å². The van der Waals surface area contributed by atoms with Gasteiger partial charge < -0.3 is 5.73 Å². The minimum Gasteiger partial charge on any atom is -0.328 e. The van der Waals surface area contributed by atoms with Gasteiger partial charge in [0.2, 0.25) is 0 Å². The highest BCUT2D eigenvalue weighted by atomic mass is 35.5. The van der Waals surface area contributed by atoms with Gasteiger partial charge in [-0.2, -0.15) is 0 Å². The van der Waals surface area contributed by atoms with Crippen molar-refractivity contribution in [3.63, 3.8) is 0 Å². The molecule has 1 aliphatic rings. The molecule has 0 aliphatic heterocycles. The second-order valence-electron chi connectivity index (χ2n) is 2.43. The van der Waals surface area contributed by atoms with E-state index in [9.17, 15) is 0 Å². The zero-order valence-corrected chi connectivity index (χ0v) is 6.21. The molecule has 48 valence electrons. The zero-order valence-electron chi connectivity index (χ0n) is 4.70. The molecule has 0 unspecified atom stereocenters. The first kappa shape index (κ1) is 6.66. The molecule has 2 atom stereocenters. The molecule has 0 amide bonds. The summed E-state index contributed by atoms with van der Waals surface area (Å²) in [5, 5.41) is 0. The van der Waals surface area contributed by atoms with Gasteiger partial charge in [0, 0.05) is 12.0 Å². The average molecular weight is 154 g/mol. The lowest BCUT2D eigenvalue weighted by Gasteiger charge is -2.01. The van der Waals surface area contributed by atoms with Crippen molar-refractivity contribution in [3.05, 3.63) is 0 Å². The summed E-state index contributed by atoms with van der Waals surface area (Å²) in [7, 11) is 0. The van der Waals surface area contributed by atoms with Crippen LogP contribution < -0.4 is 5.73 Å². The molecule has 8 heavy (non-hydrogen) atoms. The molecule has 0 radical (unpaired) electrons. The van der Waals surface area contributed by atoms with Crippen molar-refractivity contribution < 1.29 is 0 Å². The minimum atomic E-state index is -0.492. The lowest BCUT2D eigenvalue weighted by atomic mass is 10.2. The number of hydrogen-bond donors (Lipinski definition) is 1. The number of nitrogens with two attached hydrogens (primary N) is 1. The third-order valence-corrected chi connectivity index (χ3v) is 2.38. The summed E-state index contributed by atoms with van der Waals surface area (Å²) >= 11 is 11.4. The van der Waals surface area contributed by atoms with E-state index in [0.29, 0.717) is 5.92 Å². The van der Waals surface area contributed by atoms with Crippen molar-refractivity contribution in [1.29, 1.82) is 0 Å². The van der Waals surface area contributed by atoms with Crippen LogP contribution in [0.3, 0.4) is 0 Å². The summed E-state index contributed by atoms with van der Waals surface area (Å²) in [4.78, 5) is 0. The van der Waals surface area contributed by atoms with Crippen LogP contribution in [0.2, 0.25) is 0 Å². The normalized spacial score (nSPS) is 36.8. The first-order valence-electron chi connectivity index (χ1n) is 2.67. The van der Waals surface area contributed by atoms with Crippen LogP contribution in [0.15, 0.2) is 0 Å². The Hall–Kier alpha value is 0.540. The quantitative estimate of drug-likeness (QED) is 0.569. The SMILES string of the molecule is C[C@@H](N)[C@@H]1CC1(Cl)Cl. The van der Waals surface area contributed by atoms with E-state index >= 15 is 0 Å². The molecule has 1 fully saturated rings. The molecule has 0 aromatic heterocycles. The van der Waals surface area contributed by atoms with Crippen molar-refractivity contribution in [2.75, 3.05) is 0 Å². The average Bonchev–Trinajstić information content (AvgIpc) is 2.13. The largest absolute Gasteiger partial charge is 0.328 e. The molecule has 1 saturated carbocycles. The molecule has 0 spiro atoms. The molecule has 1 rings (SSSR count).